The first kappa shape index (κ1) is 13.7. The Morgan fingerprint density at radius 3 is 2.74 bits per heavy atom. The van der Waals surface area contributed by atoms with Crippen molar-refractivity contribution in [2.75, 3.05) is 13.4 Å². The van der Waals surface area contributed by atoms with Gasteiger partial charge in [0.1, 0.15) is 12.4 Å². The molecule has 4 heteroatoms. The van der Waals surface area contributed by atoms with Crippen LogP contribution in [-0.4, -0.2) is 19.4 Å². The van der Waals surface area contributed by atoms with Crippen LogP contribution in [0.25, 0.3) is 0 Å². The minimum atomic E-state index is 0.282. The standard InChI is InChI=1S/C15H21NO3/c1-4-5-6-17-13-8-15-14(18-10-19-15)7-12(13)9-16-11(2)3/h4-5,7-8,11,16H,6,9-10H2,1-3H3. The summed E-state index contributed by atoms with van der Waals surface area (Å²) in [5, 5.41) is 3.39. The molecule has 0 amide bonds. The van der Waals surface area contributed by atoms with E-state index in [9.17, 15) is 0 Å². The Labute approximate surface area is 114 Å². The lowest BCUT2D eigenvalue weighted by molar-refractivity contribution is 0.174. The fraction of sp³-hybridized carbons (Fsp3) is 0.467. The van der Waals surface area contributed by atoms with E-state index in [1.165, 1.54) is 0 Å². The number of rotatable bonds is 6. The maximum absolute atomic E-state index is 5.77. The molecular formula is C15H21NO3. The van der Waals surface area contributed by atoms with E-state index in [2.05, 4.69) is 19.2 Å². The smallest absolute Gasteiger partial charge is 0.231 e. The minimum Gasteiger partial charge on any atom is -0.489 e. The molecule has 1 N–H and O–H groups in total. The van der Waals surface area contributed by atoms with E-state index in [0.29, 0.717) is 12.6 Å². The summed E-state index contributed by atoms with van der Waals surface area (Å²) < 4.78 is 16.6. The number of benzene rings is 1. The molecule has 1 aliphatic heterocycles. The van der Waals surface area contributed by atoms with Crippen LogP contribution in [0.1, 0.15) is 26.3 Å². The summed E-state index contributed by atoms with van der Waals surface area (Å²) in [5.41, 5.74) is 1.09. The van der Waals surface area contributed by atoms with Gasteiger partial charge in [-0.15, -0.1) is 0 Å². The van der Waals surface area contributed by atoms with Crippen molar-refractivity contribution in [3.05, 3.63) is 29.8 Å². The molecule has 1 aromatic rings. The molecule has 0 radical (unpaired) electrons. The van der Waals surface area contributed by atoms with Gasteiger partial charge in [-0.3, -0.25) is 0 Å². The molecule has 0 bridgehead atoms. The molecule has 1 aromatic carbocycles. The summed E-state index contributed by atoms with van der Waals surface area (Å²) in [5.74, 6) is 2.39. The molecule has 0 aromatic heterocycles. The van der Waals surface area contributed by atoms with E-state index in [1.54, 1.807) is 0 Å². The van der Waals surface area contributed by atoms with Crippen LogP contribution in [-0.2, 0) is 6.54 Å². The Kier molecular flexibility index (Phi) is 4.68. The third kappa shape index (κ3) is 3.64. The molecule has 0 atom stereocenters. The molecule has 2 rings (SSSR count). The zero-order valence-electron chi connectivity index (χ0n) is 11.7. The molecular weight excluding hydrogens is 242 g/mol. The van der Waals surface area contributed by atoms with E-state index in [-0.39, 0.29) is 6.79 Å². The van der Waals surface area contributed by atoms with Crippen molar-refractivity contribution in [1.29, 1.82) is 0 Å². The van der Waals surface area contributed by atoms with Crippen molar-refractivity contribution >= 4 is 0 Å². The highest BCUT2D eigenvalue weighted by Gasteiger charge is 2.18. The summed E-state index contributed by atoms with van der Waals surface area (Å²) in [4.78, 5) is 0. The Balaban J connectivity index is 2.16. The van der Waals surface area contributed by atoms with Crippen molar-refractivity contribution in [2.24, 2.45) is 0 Å². The predicted octanol–water partition coefficient (Wildman–Crippen LogP) is 2.87. The van der Waals surface area contributed by atoms with Crippen molar-refractivity contribution < 1.29 is 14.2 Å². The molecule has 0 saturated carbocycles. The second-order valence-corrected chi connectivity index (χ2v) is 4.73. The lowest BCUT2D eigenvalue weighted by Gasteiger charge is -2.14. The molecule has 0 spiro atoms. The lowest BCUT2D eigenvalue weighted by atomic mass is 10.1. The van der Waals surface area contributed by atoms with Gasteiger partial charge in [0.15, 0.2) is 11.5 Å². The molecule has 19 heavy (non-hydrogen) atoms. The summed E-state index contributed by atoms with van der Waals surface area (Å²) in [6.07, 6.45) is 3.95. The summed E-state index contributed by atoms with van der Waals surface area (Å²) in [6, 6.07) is 4.32. The maximum atomic E-state index is 5.77. The van der Waals surface area contributed by atoms with Crippen molar-refractivity contribution in [3.8, 4) is 17.2 Å². The molecule has 0 unspecified atom stereocenters. The van der Waals surface area contributed by atoms with Gasteiger partial charge in [0.05, 0.1) is 0 Å². The fourth-order valence-corrected chi connectivity index (χ4v) is 1.79. The first-order valence-corrected chi connectivity index (χ1v) is 6.60. The van der Waals surface area contributed by atoms with Crippen LogP contribution in [0.15, 0.2) is 24.3 Å². The van der Waals surface area contributed by atoms with Gasteiger partial charge in [-0.1, -0.05) is 26.0 Å². The van der Waals surface area contributed by atoms with E-state index < -0.39 is 0 Å². The van der Waals surface area contributed by atoms with Gasteiger partial charge in [-0.25, -0.2) is 0 Å². The summed E-state index contributed by atoms with van der Waals surface area (Å²) >= 11 is 0. The average Bonchev–Trinajstić information content (AvgIpc) is 2.83. The molecule has 0 fully saturated rings. The quantitative estimate of drug-likeness (QED) is 0.801. The molecule has 0 saturated heterocycles. The van der Waals surface area contributed by atoms with Crippen LogP contribution < -0.4 is 19.5 Å². The fourth-order valence-electron chi connectivity index (χ4n) is 1.79. The van der Waals surface area contributed by atoms with Crippen LogP contribution in [0.2, 0.25) is 0 Å². The van der Waals surface area contributed by atoms with Gasteiger partial charge >= 0.3 is 0 Å². The average molecular weight is 263 g/mol. The van der Waals surface area contributed by atoms with Crippen molar-refractivity contribution in [3.63, 3.8) is 0 Å². The van der Waals surface area contributed by atoms with Gasteiger partial charge < -0.3 is 19.5 Å². The van der Waals surface area contributed by atoms with Crippen LogP contribution >= 0.6 is 0 Å². The SMILES string of the molecule is CC=CCOc1cc2c(cc1CNC(C)C)OCO2. The van der Waals surface area contributed by atoms with Gasteiger partial charge in [0, 0.05) is 24.2 Å². The number of allylic oxidation sites excluding steroid dienone is 1. The zero-order valence-corrected chi connectivity index (χ0v) is 11.7. The molecule has 104 valence electrons. The van der Waals surface area contributed by atoms with E-state index in [0.717, 1.165) is 29.4 Å². The van der Waals surface area contributed by atoms with Gasteiger partial charge in [-0.05, 0) is 13.0 Å². The monoisotopic (exact) mass is 263 g/mol. The number of fused-ring (bicyclic) bond motifs is 1. The minimum absolute atomic E-state index is 0.282. The largest absolute Gasteiger partial charge is 0.489 e. The van der Waals surface area contributed by atoms with Crippen LogP contribution in [0.4, 0.5) is 0 Å². The summed E-state index contributed by atoms with van der Waals surface area (Å²) in [6.45, 7) is 7.81. The number of nitrogens with one attached hydrogen (secondary N) is 1. The number of hydrogen-bond donors (Lipinski definition) is 1. The Morgan fingerprint density at radius 1 is 1.32 bits per heavy atom. The zero-order chi connectivity index (χ0) is 13.7. The maximum Gasteiger partial charge on any atom is 0.231 e. The third-order valence-electron chi connectivity index (χ3n) is 2.83. The normalized spacial score (nSPS) is 13.5. The Morgan fingerprint density at radius 2 is 2.05 bits per heavy atom. The van der Waals surface area contributed by atoms with Crippen LogP contribution in [0, 0.1) is 0 Å². The van der Waals surface area contributed by atoms with Crippen LogP contribution in [0.5, 0.6) is 17.2 Å². The Bertz CT molecular complexity index is 455. The number of ether oxygens (including phenoxy) is 3. The van der Waals surface area contributed by atoms with E-state index in [4.69, 9.17) is 14.2 Å². The molecule has 1 aliphatic rings. The third-order valence-corrected chi connectivity index (χ3v) is 2.83. The number of hydrogen-bond acceptors (Lipinski definition) is 4. The lowest BCUT2D eigenvalue weighted by Crippen LogP contribution is -2.22. The first-order chi connectivity index (χ1) is 9.20. The molecule has 1 heterocycles. The second-order valence-electron chi connectivity index (χ2n) is 4.73. The van der Waals surface area contributed by atoms with Crippen molar-refractivity contribution in [1.82, 2.24) is 5.32 Å². The highest BCUT2D eigenvalue weighted by molar-refractivity contribution is 5.51. The highest BCUT2D eigenvalue weighted by Crippen LogP contribution is 2.38. The van der Waals surface area contributed by atoms with Gasteiger partial charge in [0.2, 0.25) is 6.79 Å². The Hall–Kier alpha value is -1.68. The summed E-state index contributed by atoms with van der Waals surface area (Å²) in [7, 11) is 0. The second kappa shape index (κ2) is 6.48. The van der Waals surface area contributed by atoms with Gasteiger partial charge in [0.25, 0.3) is 0 Å². The van der Waals surface area contributed by atoms with Crippen LogP contribution in [0.3, 0.4) is 0 Å². The topological polar surface area (TPSA) is 39.7 Å². The predicted molar refractivity (Wildman–Crippen MR) is 74.8 cm³/mol. The van der Waals surface area contributed by atoms with Crippen molar-refractivity contribution in [2.45, 2.75) is 33.4 Å². The highest BCUT2D eigenvalue weighted by atomic mass is 16.7. The first-order valence-electron chi connectivity index (χ1n) is 6.60. The van der Waals surface area contributed by atoms with Gasteiger partial charge in [-0.2, -0.15) is 0 Å². The molecule has 4 nitrogen and oxygen atoms in total. The molecule has 0 aliphatic carbocycles. The van der Waals surface area contributed by atoms with E-state index >= 15 is 0 Å². The van der Waals surface area contributed by atoms with E-state index in [1.807, 2.05) is 31.2 Å².